The molecule has 1 aliphatic rings. The lowest BCUT2D eigenvalue weighted by atomic mass is 10.2. The molecular weight excluding hydrogens is 514 g/mol. The van der Waals surface area contributed by atoms with Crippen molar-refractivity contribution in [3.8, 4) is 11.5 Å². The van der Waals surface area contributed by atoms with Crippen molar-refractivity contribution in [2.24, 2.45) is 0 Å². The Hall–Kier alpha value is -2.95. The van der Waals surface area contributed by atoms with Crippen molar-refractivity contribution >= 4 is 44.3 Å². The normalized spacial score (nSPS) is 15.5. The highest BCUT2D eigenvalue weighted by Gasteiger charge is 2.26. The summed E-state index contributed by atoms with van der Waals surface area (Å²) < 4.78 is 17.9. The fourth-order valence-corrected chi connectivity index (χ4v) is 4.54. The van der Waals surface area contributed by atoms with Gasteiger partial charge in [0.2, 0.25) is 0 Å². The molecule has 0 spiro atoms. The molecular formula is C25H30BrN5O4. The lowest BCUT2D eigenvalue weighted by Gasteiger charge is -2.38. The predicted molar refractivity (Wildman–Crippen MR) is 138 cm³/mol. The zero-order chi connectivity index (χ0) is 24.8. The first-order chi connectivity index (χ1) is 17.0. The van der Waals surface area contributed by atoms with E-state index in [1.165, 1.54) is 13.4 Å². The smallest absolute Gasteiger partial charge is 0.319 e. The Morgan fingerprint density at radius 3 is 2.60 bits per heavy atom. The first-order valence-corrected chi connectivity index (χ1v) is 12.3. The number of esters is 1. The van der Waals surface area contributed by atoms with E-state index in [9.17, 15) is 4.79 Å². The highest BCUT2D eigenvalue weighted by atomic mass is 79.9. The van der Waals surface area contributed by atoms with Crippen molar-refractivity contribution in [3.63, 3.8) is 0 Å². The number of ether oxygens (including phenoxy) is 3. The van der Waals surface area contributed by atoms with Crippen LogP contribution in [0.1, 0.15) is 13.3 Å². The molecule has 1 N–H and O–H groups in total. The van der Waals surface area contributed by atoms with Crippen LogP contribution in [-0.4, -0.2) is 78.9 Å². The van der Waals surface area contributed by atoms with E-state index in [1.54, 1.807) is 7.11 Å². The van der Waals surface area contributed by atoms with Gasteiger partial charge < -0.3 is 19.5 Å². The number of nitrogens with one attached hydrogen (secondary N) is 1. The third-order valence-electron chi connectivity index (χ3n) is 6.01. The summed E-state index contributed by atoms with van der Waals surface area (Å²) in [7, 11) is 3.05. The van der Waals surface area contributed by atoms with E-state index in [4.69, 9.17) is 14.2 Å². The number of nitrogens with zero attached hydrogens (tertiary/aromatic N) is 4. The molecule has 0 saturated carbocycles. The van der Waals surface area contributed by atoms with Gasteiger partial charge in [-0.15, -0.1) is 0 Å². The van der Waals surface area contributed by atoms with Gasteiger partial charge >= 0.3 is 5.97 Å². The average molecular weight is 544 g/mol. The van der Waals surface area contributed by atoms with Crippen LogP contribution in [0.5, 0.6) is 11.5 Å². The van der Waals surface area contributed by atoms with Gasteiger partial charge in [-0.25, -0.2) is 9.97 Å². The van der Waals surface area contributed by atoms with E-state index in [1.807, 2.05) is 36.4 Å². The van der Waals surface area contributed by atoms with E-state index in [0.717, 1.165) is 53.7 Å². The summed E-state index contributed by atoms with van der Waals surface area (Å²) in [5.41, 5.74) is 1.67. The largest absolute Gasteiger partial charge is 0.493 e. The van der Waals surface area contributed by atoms with Gasteiger partial charge in [0.05, 0.1) is 26.3 Å². The summed E-state index contributed by atoms with van der Waals surface area (Å²) in [6.45, 7) is 5.56. The molecule has 0 amide bonds. The van der Waals surface area contributed by atoms with Crippen LogP contribution in [0.25, 0.3) is 10.9 Å². The summed E-state index contributed by atoms with van der Waals surface area (Å²) in [4.78, 5) is 24.9. The fraction of sp³-hybridized carbons (Fsp3) is 0.400. The summed E-state index contributed by atoms with van der Waals surface area (Å²) in [5.74, 6) is 1.73. The maximum atomic E-state index is 11.6. The van der Waals surface area contributed by atoms with E-state index in [0.29, 0.717) is 23.9 Å². The van der Waals surface area contributed by atoms with Crippen LogP contribution < -0.4 is 14.8 Å². The van der Waals surface area contributed by atoms with Gasteiger partial charge in [0.1, 0.15) is 12.1 Å². The van der Waals surface area contributed by atoms with Gasteiger partial charge in [-0.3, -0.25) is 14.6 Å². The van der Waals surface area contributed by atoms with E-state index in [-0.39, 0.29) is 12.2 Å². The van der Waals surface area contributed by atoms with Crippen LogP contribution >= 0.6 is 15.9 Å². The lowest BCUT2D eigenvalue weighted by molar-refractivity contribution is -0.142. The zero-order valence-electron chi connectivity index (χ0n) is 20.2. The second-order valence-electron chi connectivity index (χ2n) is 8.25. The number of methoxy groups -OCH3 is 2. The molecule has 9 nitrogen and oxygen atoms in total. The standard InChI is InChI=1S/C25H30BrN5O4/c1-4-23(31-10-8-30(9-11-31)15-24(32)34-3)35-22-13-19-20(14-21(22)33-2)27-16-28-25(19)29-18-7-5-6-17(26)12-18/h5-7,12-14,16,23H,4,8-11,15H2,1-3H3,(H,27,28,29). The van der Waals surface area contributed by atoms with Crippen LogP contribution in [0.15, 0.2) is 47.2 Å². The number of benzene rings is 2. The summed E-state index contributed by atoms with van der Waals surface area (Å²) in [6, 6.07) is 11.7. The summed E-state index contributed by atoms with van der Waals surface area (Å²) in [5, 5.41) is 4.21. The van der Waals surface area contributed by atoms with E-state index < -0.39 is 0 Å². The molecule has 3 aromatic rings. The minimum absolute atomic E-state index is 0.132. The molecule has 2 aromatic carbocycles. The Balaban J connectivity index is 1.55. The quantitative estimate of drug-likeness (QED) is 0.401. The number of anilines is 2. The third-order valence-corrected chi connectivity index (χ3v) is 6.51. The van der Waals surface area contributed by atoms with Crippen molar-refractivity contribution < 1.29 is 19.0 Å². The Kier molecular flexibility index (Phi) is 8.37. The predicted octanol–water partition coefficient (Wildman–Crippen LogP) is 4.05. The van der Waals surface area contributed by atoms with Crippen LogP contribution in [0, 0.1) is 0 Å². The Morgan fingerprint density at radius 1 is 1.11 bits per heavy atom. The number of rotatable bonds is 9. The Labute approximate surface area is 213 Å². The molecule has 0 bridgehead atoms. The number of carbonyl (C=O) groups excluding carboxylic acids is 1. The number of piperazine rings is 1. The monoisotopic (exact) mass is 543 g/mol. The fourth-order valence-electron chi connectivity index (χ4n) is 4.14. The third kappa shape index (κ3) is 6.19. The second kappa shape index (κ2) is 11.7. The van der Waals surface area contributed by atoms with Crippen molar-refractivity contribution in [1.82, 2.24) is 19.8 Å². The Morgan fingerprint density at radius 2 is 1.91 bits per heavy atom. The van der Waals surface area contributed by atoms with Gasteiger partial charge in [-0.05, 0) is 30.7 Å². The van der Waals surface area contributed by atoms with Gasteiger partial charge in [-0.1, -0.05) is 28.9 Å². The molecule has 1 unspecified atom stereocenters. The number of aromatic nitrogens is 2. The SMILES string of the molecule is CCC(Oc1cc2c(Nc3cccc(Br)c3)ncnc2cc1OC)N1CCN(CC(=O)OC)CC1. The minimum atomic E-state index is -0.211. The summed E-state index contributed by atoms with van der Waals surface area (Å²) >= 11 is 3.51. The van der Waals surface area contributed by atoms with E-state index in [2.05, 4.69) is 47.9 Å². The molecule has 35 heavy (non-hydrogen) atoms. The molecule has 186 valence electrons. The molecule has 1 saturated heterocycles. The van der Waals surface area contributed by atoms with Gasteiger partial charge in [0, 0.05) is 47.8 Å². The molecule has 0 radical (unpaired) electrons. The molecule has 2 heterocycles. The maximum absolute atomic E-state index is 11.6. The number of fused-ring (bicyclic) bond motifs is 1. The van der Waals surface area contributed by atoms with Crippen LogP contribution in [0.4, 0.5) is 11.5 Å². The number of hydrogen-bond donors (Lipinski definition) is 1. The number of halogens is 1. The topological polar surface area (TPSA) is 89.0 Å². The van der Waals surface area contributed by atoms with E-state index >= 15 is 0 Å². The molecule has 0 aliphatic carbocycles. The van der Waals surface area contributed by atoms with Crippen molar-refractivity contribution in [2.45, 2.75) is 19.6 Å². The molecule has 1 aliphatic heterocycles. The van der Waals surface area contributed by atoms with Crippen LogP contribution in [0.3, 0.4) is 0 Å². The first-order valence-electron chi connectivity index (χ1n) is 11.6. The molecule has 4 rings (SSSR count). The summed E-state index contributed by atoms with van der Waals surface area (Å²) in [6.07, 6.45) is 2.20. The van der Waals surface area contributed by atoms with Crippen molar-refractivity contribution in [1.29, 1.82) is 0 Å². The first kappa shape index (κ1) is 25.2. The molecule has 1 fully saturated rings. The van der Waals surface area contributed by atoms with Gasteiger partial charge in [-0.2, -0.15) is 0 Å². The lowest BCUT2D eigenvalue weighted by Crippen LogP contribution is -2.52. The Bertz CT molecular complexity index is 1170. The second-order valence-corrected chi connectivity index (χ2v) is 9.16. The maximum Gasteiger partial charge on any atom is 0.319 e. The highest BCUT2D eigenvalue weighted by molar-refractivity contribution is 9.10. The number of hydrogen-bond acceptors (Lipinski definition) is 9. The zero-order valence-corrected chi connectivity index (χ0v) is 21.7. The minimum Gasteiger partial charge on any atom is -0.493 e. The molecule has 1 atom stereocenters. The van der Waals surface area contributed by atoms with Crippen molar-refractivity contribution in [3.05, 3.63) is 47.2 Å². The van der Waals surface area contributed by atoms with Gasteiger partial charge in [0.15, 0.2) is 17.7 Å². The number of carbonyl (C=O) groups is 1. The molecule has 1 aromatic heterocycles. The average Bonchev–Trinajstić information content (AvgIpc) is 2.87. The van der Waals surface area contributed by atoms with Crippen LogP contribution in [0.2, 0.25) is 0 Å². The van der Waals surface area contributed by atoms with Gasteiger partial charge in [0.25, 0.3) is 0 Å². The highest BCUT2D eigenvalue weighted by Crippen LogP contribution is 2.36. The van der Waals surface area contributed by atoms with Crippen LogP contribution in [-0.2, 0) is 9.53 Å². The molecule has 10 heteroatoms. The van der Waals surface area contributed by atoms with Crippen molar-refractivity contribution in [2.75, 3.05) is 52.3 Å².